The number of nitrogens with one attached hydrogen (secondary N) is 1. The third-order valence-electron chi connectivity index (χ3n) is 4.71. The first-order chi connectivity index (χ1) is 13.6. The van der Waals surface area contributed by atoms with Gasteiger partial charge < -0.3 is 19.5 Å². The Labute approximate surface area is 167 Å². The summed E-state index contributed by atoms with van der Waals surface area (Å²) in [6.45, 7) is 9.38. The minimum Gasteiger partial charge on any atom is -0.493 e. The third kappa shape index (κ3) is 3.08. The Bertz CT molecular complexity index is 1070. The number of nitrogens with zero attached hydrogens (tertiary/aromatic N) is 3. The molecular formula is C20H20N4O3S. The predicted molar refractivity (Wildman–Crippen MR) is 110 cm³/mol. The van der Waals surface area contributed by atoms with E-state index in [0.717, 1.165) is 40.0 Å². The molecule has 1 N–H and O–H groups in total. The molecule has 0 spiro atoms. The predicted octanol–water partition coefficient (Wildman–Crippen LogP) is 4.82. The lowest BCUT2D eigenvalue weighted by atomic mass is 10.1. The van der Waals surface area contributed by atoms with Gasteiger partial charge in [0.25, 0.3) is 0 Å². The first-order valence-electron chi connectivity index (χ1n) is 8.85. The molecule has 0 radical (unpaired) electrons. The zero-order valence-electron chi connectivity index (χ0n) is 16.1. The molecular weight excluding hydrogens is 376 g/mol. The van der Waals surface area contributed by atoms with Crippen molar-refractivity contribution in [2.75, 3.05) is 26.6 Å². The zero-order valence-corrected chi connectivity index (χ0v) is 16.9. The highest BCUT2D eigenvalue weighted by Gasteiger charge is 2.25. The van der Waals surface area contributed by atoms with E-state index in [2.05, 4.69) is 10.2 Å². The van der Waals surface area contributed by atoms with Crippen LogP contribution in [0.3, 0.4) is 0 Å². The van der Waals surface area contributed by atoms with Gasteiger partial charge in [0.05, 0.1) is 27.9 Å². The highest BCUT2D eigenvalue weighted by Crippen LogP contribution is 2.44. The van der Waals surface area contributed by atoms with Gasteiger partial charge in [-0.2, -0.15) is 0 Å². The number of thiophene rings is 1. The topological polar surface area (TPSA) is 69.9 Å². The summed E-state index contributed by atoms with van der Waals surface area (Å²) in [5.41, 5.74) is 1.68. The van der Waals surface area contributed by atoms with Gasteiger partial charge in [0.15, 0.2) is 17.3 Å². The molecule has 2 aromatic heterocycles. The summed E-state index contributed by atoms with van der Waals surface area (Å²) in [4.78, 5) is 14.0. The number of benzene rings is 1. The van der Waals surface area contributed by atoms with Gasteiger partial charge in [-0.25, -0.2) is 14.8 Å². The van der Waals surface area contributed by atoms with Gasteiger partial charge in [0.2, 0.25) is 10.8 Å². The first kappa shape index (κ1) is 18.3. The van der Waals surface area contributed by atoms with Crippen LogP contribution in [0, 0.1) is 13.5 Å². The van der Waals surface area contributed by atoms with Crippen LogP contribution >= 0.6 is 11.3 Å². The molecule has 0 unspecified atom stereocenters. The molecule has 0 aliphatic heterocycles. The fourth-order valence-corrected chi connectivity index (χ4v) is 4.07. The second-order valence-corrected chi connectivity index (χ2v) is 7.53. The molecule has 1 aliphatic rings. The van der Waals surface area contributed by atoms with Crippen LogP contribution in [0.5, 0.6) is 17.2 Å². The van der Waals surface area contributed by atoms with Crippen molar-refractivity contribution in [3.05, 3.63) is 29.1 Å². The van der Waals surface area contributed by atoms with Gasteiger partial charge in [-0.05, 0) is 37.5 Å². The van der Waals surface area contributed by atoms with E-state index in [4.69, 9.17) is 30.8 Å². The lowest BCUT2D eigenvalue weighted by Crippen LogP contribution is -2.05. The van der Waals surface area contributed by atoms with Crippen LogP contribution in [0.15, 0.2) is 12.1 Å². The largest absolute Gasteiger partial charge is 0.493 e. The Kier molecular flexibility index (Phi) is 4.69. The normalized spacial score (nSPS) is 13.2. The lowest BCUT2D eigenvalue weighted by molar-refractivity contribution is 0.324. The van der Waals surface area contributed by atoms with Crippen LogP contribution in [0.25, 0.3) is 26.4 Å². The molecule has 0 saturated heterocycles. The van der Waals surface area contributed by atoms with E-state index in [1.54, 1.807) is 21.3 Å². The van der Waals surface area contributed by atoms with E-state index in [1.165, 1.54) is 11.3 Å². The van der Waals surface area contributed by atoms with E-state index < -0.39 is 0 Å². The maximum absolute atomic E-state index is 7.43. The molecule has 1 aromatic carbocycles. The Morgan fingerprint density at radius 2 is 1.79 bits per heavy atom. The van der Waals surface area contributed by atoms with E-state index in [9.17, 15) is 0 Å². The number of hydrogen-bond donors (Lipinski definition) is 1. The van der Waals surface area contributed by atoms with Crippen LogP contribution in [0.1, 0.15) is 18.4 Å². The van der Waals surface area contributed by atoms with Crippen molar-refractivity contribution in [2.24, 2.45) is 0 Å². The Balaban J connectivity index is 1.93. The molecule has 144 valence electrons. The summed E-state index contributed by atoms with van der Waals surface area (Å²) in [6.07, 6.45) is 2.26. The number of fused-ring (bicyclic) bond motifs is 1. The number of hydrogen-bond acceptors (Lipinski definition) is 7. The molecule has 1 aliphatic carbocycles. The van der Waals surface area contributed by atoms with Crippen LogP contribution in [-0.2, 0) is 0 Å². The minimum atomic E-state index is 0.432. The number of aromatic nitrogens is 2. The molecule has 3 aromatic rings. The first-order valence-corrected chi connectivity index (χ1v) is 9.66. The van der Waals surface area contributed by atoms with E-state index in [-0.39, 0.29) is 0 Å². The fraction of sp³-hybridized carbons (Fsp3) is 0.350. The smallest absolute Gasteiger partial charge is 0.246 e. The van der Waals surface area contributed by atoms with Gasteiger partial charge in [-0.15, -0.1) is 11.3 Å². The molecule has 2 heterocycles. The van der Waals surface area contributed by atoms with Crippen molar-refractivity contribution in [1.82, 2.24) is 9.97 Å². The summed E-state index contributed by atoms with van der Waals surface area (Å²) < 4.78 is 16.3. The molecule has 28 heavy (non-hydrogen) atoms. The van der Waals surface area contributed by atoms with Gasteiger partial charge in [-0.1, -0.05) is 0 Å². The maximum Gasteiger partial charge on any atom is 0.246 e. The van der Waals surface area contributed by atoms with E-state index in [1.807, 2.05) is 19.1 Å². The molecule has 7 nitrogen and oxygen atoms in total. The molecule has 1 saturated carbocycles. The molecule has 0 atom stereocenters. The zero-order chi connectivity index (χ0) is 19.8. The summed E-state index contributed by atoms with van der Waals surface area (Å²) in [6, 6.07) is 4.10. The summed E-state index contributed by atoms with van der Waals surface area (Å²) in [7, 11) is 4.73. The molecule has 0 amide bonds. The highest BCUT2D eigenvalue weighted by atomic mass is 32.1. The average Bonchev–Trinajstić information content (AvgIpc) is 3.47. The summed E-state index contributed by atoms with van der Waals surface area (Å²) in [5.74, 6) is 2.93. The minimum absolute atomic E-state index is 0.432. The van der Waals surface area contributed by atoms with Crippen molar-refractivity contribution in [2.45, 2.75) is 25.8 Å². The van der Waals surface area contributed by atoms with Crippen LogP contribution in [-0.4, -0.2) is 37.3 Å². The number of ether oxygens (including phenoxy) is 3. The Morgan fingerprint density at radius 3 is 2.32 bits per heavy atom. The van der Waals surface area contributed by atoms with E-state index >= 15 is 0 Å². The van der Waals surface area contributed by atoms with Gasteiger partial charge in [-0.3, -0.25) is 0 Å². The Hall–Kier alpha value is -3.05. The van der Waals surface area contributed by atoms with Crippen molar-refractivity contribution >= 4 is 32.4 Å². The fourth-order valence-electron chi connectivity index (χ4n) is 3.10. The summed E-state index contributed by atoms with van der Waals surface area (Å²) in [5, 5.41) is 5.07. The Morgan fingerprint density at radius 1 is 1.11 bits per heavy atom. The number of anilines is 1. The highest BCUT2D eigenvalue weighted by molar-refractivity contribution is 7.22. The second-order valence-electron chi connectivity index (χ2n) is 6.55. The summed E-state index contributed by atoms with van der Waals surface area (Å²) >= 11 is 1.39. The molecule has 0 bridgehead atoms. The van der Waals surface area contributed by atoms with Crippen LogP contribution < -0.4 is 19.5 Å². The SMILES string of the molecule is [C-]#[N+]c1sc2nc(-c3cc(OC)c(OC)c(OC)c3)nc(NC3CC3)c2c1C. The second kappa shape index (κ2) is 7.17. The van der Waals surface area contributed by atoms with Gasteiger partial charge >= 0.3 is 0 Å². The number of rotatable bonds is 6. The lowest BCUT2D eigenvalue weighted by Gasteiger charge is -2.14. The van der Waals surface area contributed by atoms with Gasteiger partial charge in [0, 0.05) is 17.0 Å². The molecule has 8 heteroatoms. The van der Waals surface area contributed by atoms with Crippen molar-refractivity contribution in [3.63, 3.8) is 0 Å². The monoisotopic (exact) mass is 396 g/mol. The maximum atomic E-state index is 7.43. The number of methoxy groups -OCH3 is 3. The van der Waals surface area contributed by atoms with Crippen molar-refractivity contribution in [1.29, 1.82) is 0 Å². The van der Waals surface area contributed by atoms with Gasteiger partial charge in [0.1, 0.15) is 10.6 Å². The van der Waals surface area contributed by atoms with Crippen molar-refractivity contribution in [3.8, 4) is 28.6 Å². The third-order valence-corrected chi connectivity index (χ3v) is 5.79. The van der Waals surface area contributed by atoms with Crippen LogP contribution in [0.4, 0.5) is 10.8 Å². The van der Waals surface area contributed by atoms with Crippen molar-refractivity contribution < 1.29 is 14.2 Å². The standard InChI is InChI=1S/C20H20N4O3S/c1-10-15-18(22-12-6-7-12)23-17(24-20(15)28-19(10)21-2)11-8-13(25-3)16(27-5)14(9-11)26-4/h8-9,12H,6-7H2,1,3-5H3,(H,22,23,24). The average molecular weight is 396 g/mol. The van der Waals surface area contributed by atoms with E-state index in [0.29, 0.717) is 34.1 Å². The number of aryl methyl sites for hydroxylation is 1. The van der Waals surface area contributed by atoms with Crippen LogP contribution in [0.2, 0.25) is 0 Å². The quantitative estimate of drug-likeness (QED) is 0.603. The molecule has 1 fully saturated rings. The molecule has 4 rings (SSSR count).